The zero-order chi connectivity index (χ0) is 25.1. The highest BCUT2D eigenvalue weighted by Crippen LogP contribution is 2.38. The molecule has 0 unspecified atom stereocenters. The maximum atomic E-state index is 13.1. The Morgan fingerprint density at radius 2 is 1.89 bits per heavy atom. The molecule has 2 saturated heterocycles. The lowest BCUT2D eigenvalue weighted by Crippen LogP contribution is -2.52. The number of carbonyl (C=O) groups excluding carboxylic acids is 1. The highest BCUT2D eigenvalue weighted by atomic mass is 32.2. The molecule has 2 aliphatic heterocycles. The molecule has 2 aromatic heterocycles. The summed E-state index contributed by atoms with van der Waals surface area (Å²) in [5, 5.41) is 1.08. The molecular formula is C26H30F2N4O2S2. The Balaban J connectivity index is 1.11. The number of hydrogen-bond donors (Lipinski definition) is 0. The molecule has 6 nitrogen and oxygen atoms in total. The number of aromatic nitrogens is 3. The number of fused-ring (bicyclic) bond motifs is 1. The Morgan fingerprint density at radius 1 is 1.17 bits per heavy atom. The van der Waals surface area contributed by atoms with E-state index < -0.39 is 5.76 Å². The van der Waals surface area contributed by atoms with Crippen molar-refractivity contribution in [3.05, 3.63) is 47.0 Å². The Morgan fingerprint density at radius 3 is 2.56 bits per heavy atom. The SMILES string of the molecule is C[C@@H](CCc1ncc(SC(F)F)cn1)CCc1nc2ccc(C(=O)N3CCC4(CC3)COC4)cc2s1. The molecule has 0 bridgehead atoms. The molecule has 1 amide bonds. The van der Waals surface area contributed by atoms with Gasteiger partial charge in [0.25, 0.3) is 11.7 Å². The van der Waals surface area contributed by atoms with Gasteiger partial charge in [-0.15, -0.1) is 11.3 Å². The second-order valence-corrected chi connectivity index (χ2v) is 12.1. The van der Waals surface area contributed by atoms with Crippen LogP contribution in [0.3, 0.4) is 0 Å². The fraction of sp³-hybridized carbons (Fsp3) is 0.538. The van der Waals surface area contributed by atoms with Gasteiger partial charge in [0.05, 0.1) is 28.4 Å². The number of alkyl halides is 2. The minimum absolute atomic E-state index is 0.110. The molecule has 0 saturated carbocycles. The van der Waals surface area contributed by atoms with Crippen LogP contribution in [0.2, 0.25) is 0 Å². The number of carbonyl (C=O) groups is 1. The molecule has 0 aliphatic carbocycles. The Hall–Kier alpha value is -2.17. The largest absolute Gasteiger partial charge is 0.380 e. The molecule has 0 N–H and O–H groups in total. The van der Waals surface area contributed by atoms with Gasteiger partial charge >= 0.3 is 0 Å². The van der Waals surface area contributed by atoms with E-state index in [1.54, 1.807) is 11.3 Å². The highest BCUT2D eigenvalue weighted by Gasteiger charge is 2.42. The Kier molecular flexibility index (Phi) is 7.83. The summed E-state index contributed by atoms with van der Waals surface area (Å²) >= 11 is 2.13. The third-order valence-electron chi connectivity index (χ3n) is 7.23. The van der Waals surface area contributed by atoms with E-state index in [0.29, 0.717) is 33.8 Å². The number of likely N-dealkylation sites (tertiary alicyclic amines) is 1. The van der Waals surface area contributed by atoms with Crippen molar-refractivity contribution in [2.75, 3.05) is 26.3 Å². The zero-order valence-corrected chi connectivity index (χ0v) is 21.9. The molecular weight excluding hydrogens is 502 g/mol. The van der Waals surface area contributed by atoms with Crippen LogP contribution < -0.4 is 0 Å². The van der Waals surface area contributed by atoms with E-state index in [1.807, 2.05) is 23.1 Å². The number of halogens is 2. The molecule has 36 heavy (non-hydrogen) atoms. The van der Waals surface area contributed by atoms with Crippen molar-refractivity contribution < 1.29 is 18.3 Å². The van der Waals surface area contributed by atoms with E-state index in [1.165, 1.54) is 12.4 Å². The van der Waals surface area contributed by atoms with Crippen molar-refractivity contribution in [1.82, 2.24) is 19.9 Å². The lowest BCUT2D eigenvalue weighted by atomic mass is 9.77. The van der Waals surface area contributed by atoms with Crippen LogP contribution in [0.15, 0.2) is 35.5 Å². The van der Waals surface area contributed by atoms with E-state index in [-0.39, 0.29) is 5.91 Å². The average molecular weight is 533 g/mol. The standard InChI is InChI=1S/C26H30F2N4O2S2/c1-17(2-6-22-29-13-19(14-30-22)35-25(27)28)3-7-23-31-20-5-4-18(12-21(20)36-23)24(33)32-10-8-26(9-11-32)15-34-16-26/h4-5,12-14,17,25H,2-3,6-11,15-16H2,1H3/t17-/m0/s1. The smallest absolute Gasteiger partial charge is 0.289 e. The quantitative estimate of drug-likeness (QED) is 0.322. The average Bonchev–Trinajstić information content (AvgIpc) is 3.27. The lowest BCUT2D eigenvalue weighted by molar-refractivity contribution is -0.136. The van der Waals surface area contributed by atoms with E-state index in [2.05, 4.69) is 16.9 Å². The molecule has 192 valence electrons. The highest BCUT2D eigenvalue weighted by molar-refractivity contribution is 7.99. The molecule has 4 heterocycles. The normalized spacial score (nSPS) is 18.1. The van der Waals surface area contributed by atoms with Gasteiger partial charge in [-0.2, -0.15) is 8.78 Å². The number of ether oxygens (including phenoxy) is 1. The summed E-state index contributed by atoms with van der Waals surface area (Å²) in [5.41, 5.74) is 2.00. The predicted molar refractivity (Wildman–Crippen MR) is 138 cm³/mol. The first-order valence-electron chi connectivity index (χ1n) is 12.4. The van der Waals surface area contributed by atoms with Gasteiger partial charge in [0.2, 0.25) is 0 Å². The van der Waals surface area contributed by atoms with Crippen molar-refractivity contribution in [3.8, 4) is 0 Å². The molecule has 1 atom stereocenters. The number of thioether (sulfide) groups is 1. The van der Waals surface area contributed by atoms with Crippen LogP contribution in [0.25, 0.3) is 10.2 Å². The number of rotatable bonds is 9. The number of benzene rings is 1. The summed E-state index contributed by atoms with van der Waals surface area (Å²) in [6, 6.07) is 5.86. The first kappa shape index (κ1) is 25.5. The summed E-state index contributed by atoms with van der Waals surface area (Å²) in [4.78, 5) is 28.6. The fourth-order valence-corrected chi connectivity index (χ4v) is 6.24. The van der Waals surface area contributed by atoms with Crippen molar-refractivity contribution in [3.63, 3.8) is 0 Å². The molecule has 5 rings (SSSR count). The number of aryl methyl sites for hydroxylation is 2. The molecule has 10 heteroatoms. The molecule has 1 spiro atoms. The van der Waals surface area contributed by atoms with Crippen molar-refractivity contribution in [2.45, 2.75) is 56.1 Å². The topological polar surface area (TPSA) is 68.2 Å². The first-order chi connectivity index (χ1) is 17.4. The Labute approximate surface area is 217 Å². The summed E-state index contributed by atoms with van der Waals surface area (Å²) in [6.45, 7) is 5.48. The minimum Gasteiger partial charge on any atom is -0.380 e. The van der Waals surface area contributed by atoms with Gasteiger partial charge in [-0.25, -0.2) is 15.0 Å². The number of nitrogens with zero attached hydrogens (tertiary/aromatic N) is 4. The van der Waals surface area contributed by atoms with Crippen LogP contribution >= 0.6 is 23.1 Å². The van der Waals surface area contributed by atoms with Crippen LogP contribution in [0.5, 0.6) is 0 Å². The van der Waals surface area contributed by atoms with Gasteiger partial charge < -0.3 is 9.64 Å². The van der Waals surface area contributed by atoms with E-state index >= 15 is 0 Å². The van der Waals surface area contributed by atoms with Crippen molar-refractivity contribution >= 4 is 39.2 Å². The number of thiazole rings is 1. The second-order valence-electron chi connectivity index (χ2n) is 9.97. The number of hydrogen-bond acceptors (Lipinski definition) is 7. The summed E-state index contributed by atoms with van der Waals surface area (Å²) in [7, 11) is 0. The van der Waals surface area contributed by atoms with Crippen LogP contribution in [0, 0.1) is 11.3 Å². The zero-order valence-electron chi connectivity index (χ0n) is 20.3. The molecule has 0 radical (unpaired) electrons. The van der Waals surface area contributed by atoms with Gasteiger partial charge in [-0.05, 0) is 56.2 Å². The first-order valence-corrected chi connectivity index (χ1v) is 14.1. The van der Waals surface area contributed by atoms with Crippen molar-refractivity contribution in [2.24, 2.45) is 11.3 Å². The van der Waals surface area contributed by atoms with E-state index in [4.69, 9.17) is 9.72 Å². The molecule has 1 aromatic carbocycles. The van der Waals surface area contributed by atoms with Gasteiger partial charge in [0, 0.05) is 47.8 Å². The summed E-state index contributed by atoms with van der Waals surface area (Å²) < 4.78 is 31.3. The Bertz CT molecular complexity index is 1190. The van der Waals surface area contributed by atoms with Crippen molar-refractivity contribution in [1.29, 1.82) is 0 Å². The molecule has 2 aliphatic rings. The molecule has 2 fully saturated rings. The maximum Gasteiger partial charge on any atom is 0.289 e. The van der Waals surface area contributed by atoms with Crippen LogP contribution in [-0.2, 0) is 17.6 Å². The fourth-order valence-electron chi connectivity index (χ4n) is 4.78. The van der Waals surface area contributed by atoms with E-state index in [0.717, 1.165) is 85.6 Å². The summed E-state index contributed by atoms with van der Waals surface area (Å²) in [5.74, 6) is -1.21. The second kappa shape index (κ2) is 11.1. The van der Waals surface area contributed by atoms with Gasteiger partial charge in [-0.3, -0.25) is 4.79 Å². The third kappa shape index (κ3) is 6.03. The maximum absolute atomic E-state index is 13.1. The monoisotopic (exact) mass is 532 g/mol. The van der Waals surface area contributed by atoms with Crippen LogP contribution in [-0.4, -0.2) is 57.8 Å². The third-order valence-corrected chi connectivity index (χ3v) is 8.97. The molecule has 3 aromatic rings. The van der Waals surface area contributed by atoms with Gasteiger partial charge in [-0.1, -0.05) is 18.7 Å². The summed E-state index contributed by atoms with van der Waals surface area (Å²) in [6.07, 6.45) is 8.50. The van der Waals surface area contributed by atoms with Gasteiger partial charge in [0.15, 0.2) is 0 Å². The van der Waals surface area contributed by atoms with Gasteiger partial charge in [0.1, 0.15) is 5.82 Å². The predicted octanol–water partition coefficient (Wildman–Crippen LogP) is 5.86. The van der Waals surface area contributed by atoms with E-state index in [9.17, 15) is 13.6 Å². The van der Waals surface area contributed by atoms with Crippen LogP contribution in [0.4, 0.5) is 8.78 Å². The number of amides is 1. The van der Waals surface area contributed by atoms with Crippen LogP contribution in [0.1, 0.15) is 53.8 Å². The number of piperidine rings is 1. The minimum atomic E-state index is -2.46. The lowest BCUT2D eigenvalue weighted by Gasteiger charge is -2.47.